The lowest BCUT2D eigenvalue weighted by Crippen LogP contribution is -2.17. The second-order valence-electron chi connectivity index (χ2n) is 3.57. The lowest BCUT2D eigenvalue weighted by atomic mass is 10.2. The Labute approximate surface area is 124 Å². The van der Waals surface area contributed by atoms with Gasteiger partial charge in [-0.2, -0.15) is 5.10 Å². The summed E-state index contributed by atoms with van der Waals surface area (Å²) in [5.74, 6) is -0.175. The number of rotatable bonds is 3. The van der Waals surface area contributed by atoms with Crippen molar-refractivity contribution in [3.63, 3.8) is 0 Å². The van der Waals surface area contributed by atoms with E-state index in [2.05, 4.69) is 15.5 Å². The number of thiocarbonyl (C=S) groups is 1. The molecule has 0 aliphatic heterocycles. The van der Waals surface area contributed by atoms with Crippen molar-refractivity contribution in [3.8, 4) is 0 Å². The van der Waals surface area contributed by atoms with Crippen LogP contribution in [0.25, 0.3) is 0 Å². The van der Waals surface area contributed by atoms with Crippen molar-refractivity contribution in [3.05, 3.63) is 45.6 Å². The Hall–Kier alpha value is -1.63. The largest absolute Gasteiger partial charge is 0.389 e. The highest BCUT2D eigenvalue weighted by atomic mass is 35.5. The predicted molar refractivity (Wildman–Crippen MR) is 78.9 cm³/mol. The van der Waals surface area contributed by atoms with Crippen LogP contribution in [-0.2, 0) is 0 Å². The van der Waals surface area contributed by atoms with E-state index in [1.807, 2.05) is 0 Å². The average Bonchev–Trinajstić information content (AvgIpc) is 2.76. The normalized spacial score (nSPS) is 10.2. The van der Waals surface area contributed by atoms with Crippen LogP contribution < -0.4 is 11.1 Å². The maximum atomic E-state index is 12.1. The van der Waals surface area contributed by atoms with E-state index in [9.17, 15) is 4.79 Å². The molecule has 0 saturated heterocycles. The molecular formula is C11H8Cl2N4OS. The van der Waals surface area contributed by atoms with E-state index in [0.29, 0.717) is 11.4 Å². The summed E-state index contributed by atoms with van der Waals surface area (Å²) in [7, 11) is 0. The topological polar surface area (TPSA) is 83.8 Å². The Kier molecular flexibility index (Phi) is 4.04. The van der Waals surface area contributed by atoms with Gasteiger partial charge in [0.2, 0.25) is 0 Å². The first kappa shape index (κ1) is 13.8. The van der Waals surface area contributed by atoms with Gasteiger partial charge in [-0.3, -0.25) is 9.89 Å². The molecule has 8 heteroatoms. The smallest absolute Gasteiger partial charge is 0.259 e. The van der Waals surface area contributed by atoms with Gasteiger partial charge in [0.25, 0.3) is 5.91 Å². The predicted octanol–water partition coefficient (Wildman–Crippen LogP) is 2.60. The first-order valence-corrected chi connectivity index (χ1v) is 6.25. The molecule has 1 aromatic heterocycles. The summed E-state index contributed by atoms with van der Waals surface area (Å²) in [4.78, 5) is 12.2. The molecular weight excluding hydrogens is 307 g/mol. The molecule has 0 radical (unpaired) electrons. The number of carbonyl (C=O) groups is 1. The molecule has 0 bridgehead atoms. The van der Waals surface area contributed by atoms with E-state index < -0.39 is 5.91 Å². The van der Waals surface area contributed by atoms with Crippen LogP contribution in [0.1, 0.15) is 15.9 Å². The monoisotopic (exact) mass is 314 g/mol. The lowest BCUT2D eigenvalue weighted by Gasteiger charge is -2.08. The standard InChI is InChI=1S/C11H8Cl2N4OS/c12-6-2-1-3-7(13)8(6)11(18)16-10-5(9(14)19)4-15-17-10/h1-4H,(H2,14,19)(H2,15,16,17,18). The molecule has 19 heavy (non-hydrogen) atoms. The maximum absolute atomic E-state index is 12.1. The van der Waals surface area contributed by atoms with Crippen LogP contribution in [0.15, 0.2) is 24.4 Å². The molecule has 0 atom stereocenters. The van der Waals surface area contributed by atoms with Gasteiger partial charge in [0.1, 0.15) is 10.8 Å². The second kappa shape index (κ2) is 5.56. The Balaban J connectivity index is 2.31. The SMILES string of the molecule is NC(=S)c1cn[nH]c1NC(=O)c1c(Cl)cccc1Cl. The molecule has 0 aliphatic rings. The highest BCUT2D eigenvalue weighted by Crippen LogP contribution is 2.25. The molecule has 98 valence electrons. The summed E-state index contributed by atoms with van der Waals surface area (Å²) in [5.41, 5.74) is 6.11. The number of nitrogens with zero attached hydrogens (tertiary/aromatic N) is 1. The van der Waals surface area contributed by atoms with E-state index in [1.54, 1.807) is 18.2 Å². The Morgan fingerprint density at radius 1 is 1.37 bits per heavy atom. The van der Waals surface area contributed by atoms with Crippen molar-refractivity contribution in [1.82, 2.24) is 10.2 Å². The van der Waals surface area contributed by atoms with Gasteiger partial charge in [-0.15, -0.1) is 0 Å². The van der Waals surface area contributed by atoms with Gasteiger partial charge in [-0.25, -0.2) is 0 Å². The second-order valence-corrected chi connectivity index (χ2v) is 4.83. The number of hydrogen-bond acceptors (Lipinski definition) is 3. The quantitative estimate of drug-likeness (QED) is 0.760. The number of carbonyl (C=O) groups excluding carboxylic acids is 1. The third-order valence-electron chi connectivity index (χ3n) is 2.33. The molecule has 0 fully saturated rings. The number of nitrogens with two attached hydrogens (primary N) is 1. The third kappa shape index (κ3) is 2.86. The number of hydrogen-bond donors (Lipinski definition) is 3. The van der Waals surface area contributed by atoms with Crippen molar-refractivity contribution in [1.29, 1.82) is 0 Å². The number of anilines is 1. The van der Waals surface area contributed by atoms with Crippen LogP contribution in [0.3, 0.4) is 0 Å². The zero-order chi connectivity index (χ0) is 14.0. The molecule has 0 aliphatic carbocycles. The molecule has 0 saturated carbocycles. The van der Waals surface area contributed by atoms with Crippen LogP contribution in [0, 0.1) is 0 Å². The Bertz CT molecular complexity index is 636. The summed E-state index contributed by atoms with van der Waals surface area (Å²) in [6, 6.07) is 4.80. The van der Waals surface area contributed by atoms with Gasteiger partial charge in [0, 0.05) is 0 Å². The molecule has 0 unspecified atom stereocenters. The Morgan fingerprint density at radius 2 is 2.00 bits per heavy atom. The number of aromatic nitrogens is 2. The molecule has 1 heterocycles. The summed E-state index contributed by atoms with van der Waals surface area (Å²) in [6.45, 7) is 0. The van der Waals surface area contributed by atoms with E-state index >= 15 is 0 Å². The third-order valence-corrected chi connectivity index (χ3v) is 3.18. The number of benzene rings is 1. The van der Waals surface area contributed by atoms with Gasteiger partial charge >= 0.3 is 0 Å². The van der Waals surface area contributed by atoms with E-state index in [4.69, 9.17) is 41.2 Å². The van der Waals surface area contributed by atoms with Crippen LogP contribution in [0.4, 0.5) is 5.82 Å². The minimum atomic E-state index is -0.475. The molecule has 2 aromatic rings. The number of nitrogens with one attached hydrogen (secondary N) is 2. The van der Waals surface area contributed by atoms with Gasteiger partial charge in [0.15, 0.2) is 0 Å². The van der Waals surface area contributed by atoms with Crippen molar-refractivity contribution in [2.24, 2.45) is 5.73 Å². The van der Waals surface area contributed by atoms with Gasteiger partial charge in [-0.05, 0) is 12.1 Å². The van der Waals surface area contributed by atoms with E-state index in [1.165, 1.54) is 6.20 Å². The summed E-state index contributed by atoms with van der Waals surface area (Å²) >= 11 is 16.7. The van der Waals surface area contributed by atoms with Gasteiger partial charge < -0.3 is 11.1 Å². The average molecular weight is 315 g/mol. The first-order chi connectivity index (χ1) is 9.00. The highest BCUT2D eigenvalue weighted by Gasteiger charge is 2.17. The molecule has 5 nitrogen and oxygen atoms in total. The molecule has 1 amide bonds. The Morgan fingerprint density at radius 3 is 2.58 bits per heavy atom. The zero-order valence-corrected chi connectivity index (χ0v) is 11.7. The first-order valence-electron chi connectivity index (χ1n) is 5.09. The van der Waals surface area contributed by atoms with Crippen LogP contribution in [0.5, 0.6) is 0 Å². The fraction of sp³-hybridized carbons (Fsp3) is 0. The minimum Gasteiger partial charge on any atom is -0.389 e. The fourth-order valence-electron chi connectivity index (χ4n) is 1.46. The van der Waals surface area contributed by atoms with E-state index in [-0.39, 0.29) is 20.6 Å². The summed E-state index contributed by atoms with van der Waals surface area (Å²) in [5, 5.41) is 9.43. The number of H-pyrrole nitrogens is 1. The van der Waals surface area contributed by atoms with Crippen molar-refractivity contribution in [2.45, 2.75) is 0 Å². The summed E-state index contributed by atoms with van der Waals surface area (Å²) < 4.78 is 0. The minimum absolute atomic E-state index is 0.120. The van der Waals surface area contributed by atoms with Crippen molar-refractivity contribution < 1.29 is 4.79 Å². The molecule has 1 aromatic carbocycles. The number of halogens is 2. The highest BCUT2D eigenvalue weighted by molar-refractivity contribution is 7.80. The molecule has 2 rings (SSSR count). The van der Waals surface area contributed by atoms with Crippen molar-refractivity contribution >= 4 is 52.1 Å². The van der Waals surface area contributed by atoms with Gasteiger partial charge in [-0.1, -0.05) is 41.5 Å². The van der Waals surface area contributed by atoms with Crippen molar-refractivity contribution in [2.75, 3.05) is 5.32 Å². The number of aromatic amines is 1. The lowest BCUT2D eigenvalue weighted by molar-refractivity contribution is 0.102. The van der Waals surface area contributed by atoms with Crippen LogP contribution in [-0.4, -0.2) is 21.1 Å². The molecule has 4 N–H and O–H groups in total. The number of amides is 1. The van der Waals surface area contributed by atoms with E-state index in [0.717, 1.165) is 0 Å². The summed E-state index contributed by atoms with van der Waals surface area (Å²) in [6.07, 6.45) is 1.42. The zero-order valence-electron chi connectivity index (χ0n) is 9.41. The molecule has 0 spiro atoms. The maximum Gasteiger partial charge on any atom is 0.259 e. The fourth-order valence-corrected chi connectivity index (χ4v) is 2.18. The van der Waals surface area contributed by atoms with Crippen LogP contribution >= 0.6 is 35.4 Å². The van der Waals surface area contributed by atoms with Crippen LogP contribution in [0.2, 0.25) is 10.0 Å². The van der Waals surface area contributed by atoms with Gasteiger partial charge in [0.05, 0.1) is 27.4 Å².